The third kappa shape index (κ3) is 2.97. The maximum Gasteiger partial charge on any atom is 0.0818 e. The Bertz CT molecular complexity index is 690. The highest BCUT2D eigenvalue weighted by Gasteiger charge is 2.61. The number of thiocarbonyl (C=S) groups is 1. The fraction of sp³-hybridized carbons (Fsp3) is 0.708. The maximum absolute atomic E-state index is 6.15. The van der Waals surface area contributed by atoms with Crippen LogP contribution >= 0.6 is 12.2 Å². The summed E-state index contributed by atoms with van der Waals surface area (Å²) in [6, 6.07) is 12.3. The molecule has 0 aromatic heterocycles. The zero-order valence-electron chi connectivity index (χ0n) is 16.6. The molecule has 4 bridgehead atoms. The SMILES string of the molecule is CC1C2CC3(C(=S)NC4CCC(N)CC4)CC1CC(c1ccccc1)(C2)C3. The predicted octanol–water partition coefficient (Wildman–Crippen LogP) is 4.96. The molecule has 0 aliphatic heterocycles. The van der Waals surface area contributed by atoms with E-state index in [0.717, 1.165) is 30.6 Å². The molecule has 27 heavy (non-hydrogen) atoms. The molecule has 0 heterocycles. The molecule has 5 aliphatic carbocycles. The summed E-state index contributed by atoms with van der Waals surface area (Å²) in [6.07, 6.45) is 11.3. The van der Waals surface area contributed by atoms with Gasteiger partial charge in [0, 0.05) is 17.5 Å². The summed E-state index contributed by atoms with van der Waals surface area (Å²) in [4.78, 5) is 1.20. The van der Waals surface area contributed by atoms with Gasteiger partial charge in [-0.05, 0) is 86.5 Å². The second-order valence-corrected chi connectivity index (χ2v) is 10.8. The van der Waals surface area contributed by atoms with Gasteiger partial charge in [0.1, 0.15) is 0 Å². The van der Waals surface area contributed by atoms with Crippen molar-refractivity contribution in [3.63, 3.8) is 0 Å². The van der Waals surface area contributed by atoms with Crippen molar-refractivity contribution < 1.29 is 0 Å². The molecular formula is C24H34N2S. The van der Waals surface area contributed by atoms with Crippen LogP contribution in [0.25, 0.3) is 0 Å². The van der Waals surface area contributed by atoms with E-state index < -0.39 is 0 Å². The van der Waals surface area contributed by atoms with E-state index in [9.17, 15) is 0 Å². The summed E-state index contributed by atoms with van der Waals surface area (Å²) in [6.45, 7) is 2.51. The minimum absolute atomic E-state index is 0.239. The van der Waals surface area contributed by atoms with Crippen LogP contribution in [-0.4, -0.2) is 17.1 Å². The van der Waals surface area contributed by atoms with E-state index >= 15 is 0 Å². The van der Waals surface area contributed by atoms with Crippen LogP contribution in [0.3, 0.4) is 0 Å². The van der Waals surface area contributed by atoms with E-state index in [0.29, 0.717) is 17.5 Å². The molecule has 3 N–H and O–H groups in total. The Morgan fingerprint density at radius 3 is 2.26 bits per heavy atom. The van der Waals surface area contributed by atoms with E-state index in [-0.39, 0.29) is 5.41 Å². The Morgan fingerprint density at radius 2 is 1.63 bits per heavy atom. The molecule has 146 valence electrons. The molecule has 1 aromatic rings. The van der Waals surface area contributed by atoms with Crippen molar-refractivity contribution in [3.8, 4) is 0 Å². The lowest BCUT2D eigenvalue weighted by molar-refractivity contribution is -0.0749. The van der Waals surface area contributed by atoms with Gasteiger partial charge in [-0.2, -0.15) is 0 Å². The fourth-order valence-corrected chi connectivity index (χ4v) is 7.79. The summed E-state index contributed by atoms with van der Waals surface area (Å²) in [5.74, 6) is 2.54. The largest absolute Gasteiger partial charge is 0.376 e. The lowest BCUT2D eigenvalue weighted by atomic mass is 9.40. The highest BCUT2D eigenvalue weighted by molar-refractivity contribution is 7.80. The summed E-state index contributed by atoms with van der Waals surface area (Å²) in [5.41, 5.74) is 8.28. The van der Waals surface area contributed by atoms with Crippen molar-refractivity contribution in [2.75, 3.05) is 0 Å². The van der Waals surface area contributed by atoms with E-state index in [1.807, 2.05) is 0 Å². The smallest absolute Gasteiger partial charge is 0.0818 e. The lowest BCUT2D eigenvalue weighted by Gasteiger charge is -2.65. The van der Waals surface area contributed by atoms with Crippen LogP contribution in [0.5, 0.6) is 0 Å². The predicted molar refractivity (Wildman–Crippen MR) is 116 cm³/mol. The Kier molecular flexibility index (Phi) is 4.40. The normalized spacial score (nSPS) is 45.6. The molecule has 5 fully saturated rings. The second-order valence-electron chi connectivity index (χ2n) is 10.4. The molecule has 5 aliphatic rings. The number of nitrogens with two attached hydrogens (primary N) is 1. The van der Waals surface area contributed by atoms with Gasteiger partial charge in [-0.15, -0.1) is 0 Å². The van der Waals surface area contributed by atoms with Gasteiger partial charge in [-0.1, -0.05) is 49.5 Å². The molecule has 6 rings (SSSR count). The van der Waals surface area contributed by atoms with Gasteiger partial charge in [0.05, 0.1) is 4.99 Å². The molecule has 0 saturated heterocycles. The molecular weight excluding hydrogens is 348 g/mol. The van der Waals surface area contributed by atoms with Crippen molar-refractivity contribution in [3.05, 3.63) is 35.9 Å². The first kappa shape index (κ1) is 18.1. The Labute approximate surface area is 169 Å². The fourth-order valence-electron chi connectivity index (χ4n) is 7.38. The van der Waals surface area contributed by atoms with Crippen LogP contribution in [0, 0.1) is 23.2 Å². The number of nitrogens with one attached hydrogen (secondary N) is 1. The number of hydrogen-bond acceptors (Lipinski definition) is 2. The zero-order chi connectivity index (χ0) is 18.6. The van der Waals surface area contributed by atoms with Crippen molar-refractivity contribution in [1.82, 2.24) is 5.32 Å². The summed E-state index contributed by atoms with van der Waals surface area (Å²) in [5, 5.41) is 3.86. The van der Waals surface area contributed by atoms with Crippen LogP contribution in [0.2, 0.25) is 0 Å². The summed E-state index contributed by atoms with van der Waals surface area (Å²) in [7, 11) is 0. The second kappa shape index (κ2) is 6.56. The quantitative estimate of drug-likeness (QED) is 0.726. The van der Waals surface area contributed by atoms with Gasteiger partial charge in [0.25, 0.3) is 0 Å². The first-order valence-electron chi connectivity index (χ1n) is 11.1. The van der Waals surface area contributed by atoms with Gasteiger partial charge in [0.2, 0.25) is 0 Å². The third-order valence-electron chi connectivity index (χ3n) is 8.75. The van der Waals surface area contributed by atoms with Gasteiger partial charge in [0.15, 0.2) is 0 Å². The van der Waals surface area contributed by atoms with Gasteiger partial charge in [-0.3, -0.25) is 0 Å². The highest BCUT2D eigenvalue weighted by atomic mass is 32.1. The van der Waals surface area contributed by atoms with Crippen molar-refractivity contribution >= 4 is 17.2 Å². The number of benzene rings is 1. The average molecular weight is 383 g/mol. The van der Waals surface area contributed by atoms with Crippen LogP contribution in [0.15, 0.2) is 30.3 Å². The van der Waals surface area contributed by atoms with Crippen LogP contribution in [0.4, 0.5) is 0 Å². The minimum Gasteiger partial charge on any atom is -0.376 e. The van der Waals surface area contributed by atoms with Gasteiger partial charge >= 0.3 is 0 Å². The molecule has 5 saturated carbocycles. The minimum atomic E-state index is 0.239. The summed E-state index contributed by atoms with van der Waals surface area (Å²) >= 11 is 6.15. The van der Waals surface area contributed by atoms with E-state index in [4.69, 9.17) is 18.0 Å². The molecule has 3 heteroatoms. The lowest BCUT2D eigenvalue weighted by Crippen LogP contribution is -2.61. The Balaban J connectivity index is 1.41. The molecule has 2 unspecified atom stereocenters. The topological polar surface area (TPSA) is 38.0 Å². The average Bonchev–Trinajstić information content (AvgIpc) is 2.68. The van der Waals surface area contributed by atoms with Crippen molar-refractivity contribution in [2.24, 2.45) is 28.9 Å². The number of hydrogen-bond donors (Lipinski definition) is 2. The van der Waals surface area contributed by atoms with Crippen LogP contribution in [0.1, 0.15) is 70.3 Å². The molecule has 0 radical (unpaired) electrons. The number of rotatable bonds is 3. The van der Waals surface area contributed by atoms with Crippen molar-refractivity contribution in [1.29, 1.82) is 0 Å². The zero-order valence-corrected chi connectivity index (χ0v) is 17.4. The first-order chi connectivity index (χ1) is 13.0. The Morgan fingerprint density at radius 1 is 1.00 bits per heavy atom. The molecule has 0 amide bonds. The van der Waals surface area contributed by atoms with Gasteiger partial charge < -0.3 is 11.1 Å². The highest BCUT2D eigenvalue weighted by Crippen LogP contribution is 2.67. The molecule has 2 nitrogen and oxygen atoms in total. The molecule has 0 spiro atoms. The first-order valence-corrected chi connectivity index (χ1v) is 11.5. The van der Waals surface area contributed by atoms with E-state index in [1.165, 1.54) is 49.9 Å². The standard InChI is InChI=1S/C24H34N2S/c1-16-17-11-23(19-5-3-2-4-6-19)12-18(16)14-24(13-17,15-23)22(27)26-21-9-7-20(25)8-10-21/h2-6,16-18,20-21H,7-15,25H2,1H3,(H,26,27). The Hall–Kier alpha value is -0.930. The van der Waals surface area contributed by atoms with E-state index in [1.54, 1.807) is 5.56 Å². The van der Waals surface area contributed by atoms with Crippen LogP contribution < -0.4 is 11.1 Å². The molecule has 2 atom stereocenters. The maximum atomic E-state index is 6.15. The van der Waals surface area contributed by atoms with E-state index in [2.05, 4.69) is 42.6 Å². The molecule has 1 aromatic carbocycles. The van der Waals surface area contributed by atoms with Gasteiger partial charge in [-0.25, -0.2) is 0 Å². The monoisotopic (exact) mass is 382 g/mol. The summed E-state index contributed by atoms with van der Waals surface area (Å²) < 4.78 is 0. The van der Waals surface area contributed by atoms with Crippen molar-refractivity contribution in [2.45, 2.75) is 82.2 Å². The third-order valence-corrected chi connectivity index (χ3v) is 9.30. The van der Waals surface area contributed by atoms with Crippen LogP contribution in [-0.2, 0) is 5.41 Å².